The van der Waals surface area contributed by atoms with Crippen LogP contribution >= 0.6 is 11.3 Å². The van der Waals surface area contributed by atoms with Gasteiger partial charge >= 0.3 is 11.7 Å². The van der Waals surface area contributed by atoms with Gasteiger partial charge in [0.25, 0.3) is 5.56 Å². The lowest BCUT2D eigenvalue weighted by Gasteiger charge is -2.29. The van der Waals surface area contributed by atoms with E-state index < -0.39 is 17.2 Å². The van der Waals surface area contributed by atoms with Crippen molar-refractivity contribution in [2.24, 2.45) is 0 Å². The molecule has 0 aliphatic carbocycles. The van der Waals surface area contributed by atoms with Gasteiger partial charge in [-0.3, -0.25) is 14.2 Å². The molecule has 29 heavy (non-hydrogen) atoms. The number of ether oxygens (including phenoxy) is 2. The molecule has 1 fully saturated rings. The maximum absolute atomic E-state index is 13.3. The number of esters is 1. The number of nitrogens with zero attached hydrogens (tertiary/aromatic N) is 3. The van der Waals surface area contributed by atoms with E-state index in [1.165, 1.54) is 31.3 Å². The topological polar surface area (TPSA) is 82.8 Å². The number of fused-ring (bicyclic) bond motifs is 3. The summed E-state index contributed by atoms with van der Waals surface area (Å²) in [5, 5.41) is 0.548. The summed E-state index contributed by atoms with van der Waals surface area (Å²) in [6.45, 7) is 7.34. The molecule has 9 heteroatoms. The molecule has 158 valence electrons. The van der Waals surface area contributed by atoms with Crippen molar-refractivity contribution >= 4 is 27.5 Å². The Labute approximate surface area is 172 Å². The quantitative estimate of drug-likeness (QED) is 0.678. The monoisotopic (exact) mass is 421 g/mol. The zero-order valence-corrected chi connectivity index (χ0v) is 18.0. The number of hydrogen-bond donors (Lipinski definition) is 0. The molecule has 0 aromatic carbocycles. The van der Waals surface area contributed by atoms with Crippen LogP contribution < -0.4 is 11.2 Å². The number of hydrogen-bond acceptors (Lipinski definition) is 7. The zero-order chi connectivity index (χ0) is 20.8. The van der Waals surface area contributed by atoms with Crippen LogP contribution in [-0.2, 0) is 40.4 Å². The van der Waals surface area contributed by atoms with Gasteiger partial charge in [0.2, 0.25) is 0 Å². The van der Waals surface area contributed by atoms with Crippen molar-refractivity contribution in [3.63, 3.8) is 0 Å². The summed E-state index contributed by atoms with van der Waals surface area (Å²) in [7, 11) is 1.25. The summed E-state index contributed by atoms with van der Waals surface area (Å²) in [6, 6.07) is 0. The smallest absolute Gasteiger partial charge is 0.332 e. The van der Waals surface area contributed by atoms with E-state index in [2.05, 4.69) is 4.90 Å². The fourth-order valence-corrected chi connectivity index (χ4v) is 5.42. The average molecular weight is 422 g/mol. The number of likely N-dealkylation sites (tertiary alicyclic amines) is 1. The van der Waals surface area contributed by atoms with Crippen LogP contribution in [0.25, 0.3) is 10.2 Å². The van der Waals surface area contributed by atoms with Gasteiger partial charge in [0.05, 0.1) is 24.7 Å². The first-order chi connectivity index (χ1) is 13.8. The zero-order valence-electron chi connectivity index (χ0n) is 17.2. The Kier molecular flexibility index (Phi) is 5.39. The number of carbonyl (C=O) groups is 1. The standard InChI is InChI=1S/C20H27N3O5S/c1-20(2)10-13-14(12-28-20)29-18-16(13)17(25)23(11-15(24)27-3)19(26)22(18)9-8-21-6-4-5-7-21/h4-12H2,1-3H3. The van der Waals surface area contributed by atoms with Crippen molar-refractivity contribution in [2.45, 2.75) is 58.4 Å². The molecule has 0 unspecified atom stereocenters. The van der Waals surface area contributed by atoms with Gasteiger partial charge in [-0.05, 0) is 45.3 Å². The summed E-state index contributed by atoms with van der Waals surface area (Å²) in [4.78, 5) is 42.3. The Morgan fingerprint density at radius 3 is 2.59 bits per heavy atom. The van der Waals surface area contributed by atoms with Crippen LogP contribution in [0.4, 0.5) is 0 Å². The normalized spacial score (nSPS) is 18.9. The minimum Gasteiger partial charge on any atom is -0.468 e. The van der Waals surface area contributed by atoms with Gasteiger partial charge < -0.3 is 14.4 Å². The Bertz CT molecular complexity index is 1060. The highest BCUT2D eigenvalue weighted by Gasteiger charge is 2.32. The van der Waals surface area contributed by atoms with Gasteiger partial charge in [0.15, 0.2) is 0 Å². The lowest BCUT2D eigenvalue weighted by atomic mass is 9.94. The van der Waals surface area contributed by atoms with Gasteiger partial charge in [0, 0.05) is 24.4 Å². The van der Waals surface area contributed by atoms with Crippen LogP contribution in [0, 0.1) is 0 Å². The molecular weight excluding hydrogens is 394 g/mol. The molecule has 4 heterocycles. The van der Waals surface area contributed by atoms with Crippen molar-refractivity contribution in [1.29, 1.82) is 0 Å². The molecule has 0 radical (unpaired) electrons. The molecule has 0 bridgehead atoms. The van der Waals surface area contributed by atoms with E-state index in [1.54, 1.807) is 4.57 Å². The van der Waals surface area contributed by atoms with Gasteiger partial charge in [-0.2, -0.15) is 0 Å². The van der Waals surface area contributed by atoms with E-state index in [9.17, 15) is 14.4 Å². The summed E-state index contributed by atoms with van der Waals surface area (Å²) in [5.41, 5.74) is -0.300. The second-order valence-electron chi connectivity index (χ2n) is 8.36. The van der Waals surface area contributed by atoms with Crippen LogP contribution in [0.5, 0.6) is 0 Å². The highest BCUT2D eigenvalue weighted by atomic mass is 32.1. The Hall–Kier alpha value is -1.97. The van der Waals surface area contributed by atoms with Crippen molar-refractivity contribution in [2.75, 3.05) is 26.7 Å². The maximum atomic E-state index is 13.3. The third-order valence-electron chi connectivity index (χ3n) is 5.79. The molecule has 2 aliphatic heterocycles. The molecule has 8 nitrogen and oxygen atoms in total. The molecule has 0 atom stereocenters. The van der Waals surface area contributed by atoms with Crippen molar-refractivity contribution in [3.8, 4) is 0 Å². The van der Waals surface area contributed by atoms with Crippen LogP contribution in [0.3, 0.4) is 0 Å². The van der Waals surface area contributed by atoms with E-state index in [0.29, 0.717) is 29.8 Å². The largest absolute Gasteiger partial charge is 0.468 e. The molecule has 0 amide bonds. The predicted octanol–water partition coefficient (Wildman–Crippen LogP) is 1.34. The fraction of sp³-hybridized carbons (Fsp3) is 0.650. The van der Waals surface area contributed by atoms with Crippen LogP contribution in [0.15, 0.2) is 9.59 Å². The molecule has 2 aliphatic rings. The molecule has 0 N–H and O–H groups in total. The molecule has 1 saturated heterocycles. The molecule has 0 spiro atoms. The number of thiophene rings is 1. The number of aromatic nitrogens is 2. The minimum absolute atomic E-state index is 0.377. The second-order valence-corrected chi connectivity index (χ2v) is 9.44. The first-order valence-corrected chi connectivity index (χ1v) is 10.8. The first kappa shape index (κ1) is 20.3. The highest BCUT2D eigenvalue weighted by Crippen LogP contribution is 2.37. The SMILES string of the molecule is COC(=O)Cn1c(=O)c2c3c(sc2n(CCN2CCCC2)c1=O)COC(C)(C)C3. The Morgan fingerprint density at radius 2 is 1.90 bits per heavy atom. The van der Waals surface area contributed by atoms with Gasteiger partial charge in [-0.25, -0.2) is 9.36 Å². The van der Waals surface area contributed by atoms with Crippen LogP contribution in [-0.4, -0.2) is 52.3 Å². The van der Waals surface area contributed by atoms with E-state index in [4.69, 9.17) is 9.47 Å². The Balaban J connectivity index is 1.87. The second kappa shape index (κ2) is 7.70. The summed E-state index contributed by atoms with van der Waals surface area (Å²) in [6.07, 6.45) is 2.94. The summed E-state index contributed by atoms with van der Waals surface area (Å²) in [5.74, 6) is -0.609. The van der Waals surface area contributed by atoms with Gasteiger partial charge in [-0.1, -0.05) is 0 Å². The Morgan fingerprint density at radius 1 is 1.17 bits per heavy atom. The molecule has 0 saturated carbocycles. The predicted molar refractivity (Wildman–Crippen MR) is 111 cm³/mol. The summed E-state index contributed by atoms with van der Waals surface area (Å²) < 4.78 is 13.3. The lowest BCUT2D eigenvalue weighted by molar-refractivity contribution is -0.141. The van der Waals surface area contributed by atoms with Crippen molar-refractivity contribution in [3.05, 3.63) is 31.3 Å². The van der Waals surface area contributed by atoms with E-state index >= 15 is 0 Å². The van der Waals surface area contributed by atoms with Crippen LogP contribution in [0.1, 0.15) is 37.1 Å². The van der Waals surface area contributed by atoms with Crippen molar-refractivity contribution < 1.29 is 14.3 Å². The van der Waals surface area contributed by atoms with Crippen molar-refractivity contribution in [1.82, 2.24) is 14.0 Å². The summed E-state index contributed by atoms with van der Waals surface area (Å²) >= 11 is 1.46. The fourth-order valence-electron chi connectivity index (χ4n) is 4.18. The molecular formula is C20H27N3O5S. The van der Waals surface area contributed by atoms with Gasteiger partial charge in [0.1, 0.15) is 11.4 Å². The molecule has 2 aromatic rings. The molecule has 2 aromatic heterocycles. The van der Waals surface area contributed by atoms with Gasteiger partial charge in [-0.15, -0.1) is 11.3 Å². The highest BCUT2D eigenvalue weighted by molar-refractivity contribution is 7.18. The minimum atomic E-state index is -0.609. The van der Waals surface area contributed by atoms with Crippen LogP contribution in [0.2, 0.25) is 0 Å². The number of rotatable bonds is 5. The maximum Gasteiger partial charge on any atom is 0.332 e. The van der Waals surface area contributed by atoms with E-state index in [0.717, 1.165) is 34.6 Å². The lowest BCUT2D eigenvalue weighted by Crippen LogP contribution is -2.43. The number of methoxy groups -OCH3 is 1. The van der Waals surface area contributed by atoms with E-state index in [1.807, 2.05) is 13.8 Å². The molecule has 4 rings (SSSR count). The third-order valence-corrected chi connectivity index (χ3v) is 7.02. The number of carbonyl (C=O) groups excluding carboxylic acids is 1. The first-order valence-electron chi connectivity index (χ1n) is 10.0. The third kappa shape index (κ3) is 3.78. The average Bonchev–Trinajstić information content (AvgIpc) is 3.31. The van der Waals surface area contributed by atoms with E-state index in [-0.39, 0.29) is 12.1 Å².